The summed E-state index contributed by atoms with van der Waals surface area (Å²) in [6, 6.07) is 19.1. The lowest BCUT2D eigenvalue weighted by atomic mass is 10.2. The zero-order chi connectivity index (χ0) is 20.8. The van der Waals surface area contributed by atoms with Crippen molar-refractivity contribution in [1.29, 1.82) is 0 Å². The summed E-state index contributed by atoms with van der Waals surface area (Å²) in [7, 11) is 0. The van der Waals surface area contributed by atoms with E-state index < -0.39 is 11.9 Å². The first-order valence-corrected chi connectivity index (χ1v) is 10.2. The molecule has 0 saturated heterocycles. The van der Waals surface area contributed by atoms with Crippen LogP contribution in [-0.4, -0.2) is 23.7 Å². The molecule has 0 fully saturated rings. The molecular weight excluding hydrogens is 504 g/mol. The van der Waals surface area contributed by atoms with E-state index in [2.05, 4.69) is 31.9 Å². The second kappa shape index (κ2) is 9.71. The zero-order valence-corrected chi connectivity index (χ0v) is 18.3. The highest BCUT2D eigenvalue weighted by molar-refractivity contribution is 9.10. The molecule has 3 rings (SSSR count). The molecule has 3 aromatic rings. The summed E-state index contributed by atoms with van der Waals surface area (Å²) in [5.41, 5.74) is 1.61. The van der Waals surface area contributed by atoms with Crippen molar-refractivity contribution < 1.29 is 24.2 Å². The van der Waals surface area contributed by atoms with Crippen molar-refractivity contribution in [3.63, 3.8) is 0 Å². The van der Waals surface area contributed by atoms with E-state index in [1.807, 2.05) is 30.3 Å². The van der Waals surface area contributed by atoms with Gasteiger partial charge in [0.25, 0.3) is 0 Å². The fraction of sp³-hybridized carbons (Fsp3) is 0.0909. The lowest BCUT2D eigenvalue weighted by molar-refractivity contribution is 0.0696. The van der Waals surface area contributed by atoms with Crippen molar-refractivity contribution >= 4 is 43.8 Å². The number of hydrogen-bond donors (Lipinski definition) is 1. The summed E-state index contributed by atoms with van der Waals surface area (Å²) in [6.07, 6.45) is 0.775. The number of carboxylic acid groups (broad SMARTS) is 1. The van der Waals surface area contributed by atoms with Crippen LogP contribution in [0.1, 0.15) is 26.3 Å². The molecule has 7 heteroatoms. The number of rotatable bonds is 7. The van der Waals surface area contributed by atoms with Gasteiger partial charge in [0, 0.05) is 6.42 Å². The summed E-state index contributed by atoms with van der Waals surface area (Å²) in [6.45, 7) is 0.509. The number of halogens is 2. The number of carbonyl (C=O) groups excluding carboxylic acids is 1. The molecule has 1 N–H and O–H groups in total. The predicted octanol–water partition coefficient (Wildman–Crippen LogP) is 5.75. The van der Waals surface area contributed by atoms with Gasteiger partial charge in [0.15, 0.2) is 0 Å². The number of carboxylic acids is 1. The molecule has 0 saturated carbocycles. The van der Waals surface area contributed by atoms with E-state index in [4.69, 9.17) is 14.6 Å². The van der Waals surface area contributed by atoms with Gasteiger partial charge in [0.1, 0.15) is 11.5 Å². The predicted molar refractivity (Wildman–Crippen MR) is 116 cm³/mol. The first kappa shape index (κ1) is 21.1. The third-order valence-electron chi connectivity index (χ3n) is 4.04. The third kappa shape index (κ3) is 5.68. The largest absolute Gasteiger partial charge is 0.492 e. The van der Waals surface area contributed by atoms with Crippen molar-refractivity contribution in [1.82, 2.24) is 0 Å². The molecule has 0 aliphatic heterocycles. The van der Waals surface area contributed by atoms with E-state index in [-0.39, 0.29) is 11.3 Å². The normalized spacial score (nSPS) is 10.4. The zero-order valence-electron chi connectivity index (χ0n) is 15.1. The standard InChI is InChI=1S/C22H16Br2O5/c23-17-13-16(7-8-19(17)28-11-10-14-4-2-1-3-5-14)22(27)29-20-9-6-15(21(25)26)12-18(20)24/h1-9,12-13H,10-11H2,(H,25,26). The molecule has 0 aliphatic rings. The summed E-state index contributed by atoms with van der Waals surface area (Å²) >= 11 is 6.64. The lowest BCUT2D eigenvalue weighted by Gasteiger charge is -2.11. The Morgan fingerprint density at radius 1 is 0.828 bits per heavy atom. The summed E-state index contributed by atoms with van der Waals surface area (Å²) in [4.78, 5) is 23.4. The monoisotopic (exact) mass is 518 g/mol. The SMILES string of the molecule is O=C(O)c1ccc(OC(=O)c2ccc(OCCc3ccccc3)c(Br)c2)c(Br)c1. The van der Waals surface area contributed by atoms with Crippen LogP contribution in [0.3, 0.4) is 0 Å². The van der Waals surface area contributed by atoms with Crippen molar-refractivity contribution in [3.05, 3.63) is 92.4 Å². The second-order valence-corrected chi connectivity index (χ2v) is 7.78. The maximum absolute atomic E-state index is 12.4. The second-order valence-electron chi connectivity index (χ2n) is 6.07. The van der Waals surface area contributed by atoms with Crippen molar-refractivity contribution in [2.75, 3.05) is 6.61 Å². The lowest BCUT2D eigenvalue weighted by Crippen LogP contribution is -2.10. The van der Waals surface area contributed by atoms with E-state index >= 15 is 0 Å². The van der Waals surface area contributed by atoms with E-state index in [0.29, 0.717) is 26.9 Å². The molecule has 5 nitrogen and oxygen atoms in total. The minimum Gasteiger partial charge on any atom is -0.492 e. The van der Waals surface area contributed by atoms with E-state index in [1.54, 1.807) is 18.2 Å². The average molecular weight is 520 g/mol. The Hall–Kier alpha value is -2.64. The molecule has 148 valence electrons. The van der Waals surface area contributed by atoms with Crippen LogP contribution in [0.4, 0.5) is 0 Å². The number of esters is 1. The van der Waals surface area contributed by atoms with Crippen molar-refractivity contribution in [2.45, 2.75) is 6.42 Å². The third-order valence-corrected chi connectivity index (χ3v) is 5.28. The summed E-state index contributed by atoms with van der Waals surface area (Å²) in [5, 5.41) is 9.00. The Morgan fingerprint density at radius 3 is 2.10 bits per heavy atom. The van der Waals surface area contributed by atoms with Crippen molar-refractivity contribution in [2.24, 2.45) is 0 Å². The van der Waals surface area contributed by atoms with Gasteiger partial charge in [-0.15, -0.1) is 0 Å². The molecule has 0 heterocycles. The Balaban J connectivity index is 1.63. The van der Waals surface area contributed by atoms with E-state index in [0.717, 1.165) is 6.42 Å². The van der Waals surface area contributed by atoms with Crippen molar-refractivity contribution in [3.8, 4) is 11.5 Å². The smallest absolute Gasteiger partial charge is 0.343 e. The molecule has 3 aromatic carbocycles. The number of hydrogen-bond acceptors (Lipinski definition) is 4. The van der Waals surface area contributed by atoms with Crippen LogP contribution in [0.25, 0.3) is 0 Å². The van der Waals surface area contributed by atoms with Crippen LogP contribution in [0.15, 0.2) is 75.7 Å². The summed E-state index contributed by atoms with van der Waals surface area (Å²) < 4.78 is 12.2. The van der Waals surface area contributed by atoms with Crippen LogP contribution in [0, 0.1) is 0 Å². The minimum absolute atomic E-state index is 0.0939. The number of benzene rings is 3. The minimum atomic E-state index is -1.06. The van der Waals surface area contributed by atoms with Crippen LogP contribution in [0.2, 0.25) is 0 Å². The van der Waals surface area contributed by atoms with Crippen LogP contribution in [-0.2, 0) is 6.42 Å². The highest BCUT2D eigenvalue weighted by atomic mass is 79.9. The Bertz CT molecular complexity index is 1030. The fourth-order valence-corrected chi connectivity index (χ4v) is 3.50. The first-order chi connectivity index (χ1) is 13.9. The van der Waals surface area contributed by atoms with Crippen LogP contribution in [0.5, 0.6) is 11.5 Å². The topological polar surface area (TPSA) is 72.8 Å². The van der Waals surface area contributed by atoms with Gasteiger partial charge >= 0.3 is 11.9 Å². The molecule has 0 aromatic heterocycles. The molecule has 0 atom stereocenters. The average Bonchev–Trinajstić information content (AvgIpc) is 2.71. The molecule has 0 radical (unpaired) electrons. The Kier molecular flexibility index (Phi) is 7.06. The van der Waals surface area contributed by atoms with E-state index in [1.165, 1.54) is 23.8 Å². The maximum Gasteiger partial charge on any atom is 0.343 e. The molecular formula is C22H16Br2O5. The van der Waals surface area contributed by atoms with Crippen LogP contribution >= 0.6 is 31.9 Å². The molecule has 0 unspecified atom stereocenters. The highest BCUT2D eigenvalue weighted by Crippen LogP contribution is 2.29. The molecule has 0 amide bonds. The Labute approximate surface area is 184 Å². The number of aromatic carboxylic acids is 1. The number of carbonyl (C=O) groups is 2. The van der Waals surface area contributed by atoms with Gasteiger partial charge in [-0.1, -0.05) is 30.3 Å². The van der Waals surface area contributed by atoms with Gasteiger partial charge in [0.05, 0.1) is 26.7 Å². The van der Waals surface area contributed by atoms with Gasteiger partial charge in [-0.2, -0.15) is 0 Å². The molecule has 0 spiro atoms. The molecule has 0 aliphatic carbocycles. The molecule has 29 heavy (non-hydrogen) atoms. The quantitative estimate of drug-likeness (QED) is 0.318. The number of ether oxygens (including phenoxy) is 2. The van der Waals surface area contributed by atoms with E-state index in [9.17, 15) is 9.59 Å². The van der Waals surface area contributed by atoms with Gasteiger partial charge in [0.2, 0.25) is 0 Å². The summed E-state index contributed by atoms with van der Waals surface area (Å²) in [5.74, 6) is -0.760. The fourth-order valence-electron chi connectivity index (χ4n) is 2.54. The first-order valence-electron chi connectivity index (χ1n) is 8.65. The van der Waals surface area contributed by atoms with Crippen LogP contribution < -0.4 is 9.47 Å². The molecule has 0 bridgehead atoms. The maximum atomic E-state index is 12.4. The van der Waals surface area contributed by atoms with Gasteiger partial charge < -0.3 is 14.6 Å². The Morgan fingerprint density at radius 2 is 1.45 bits per heavy atom. The highest BCUT2D eigenvalue weighted by Gasteiger charge is 2.15. The van der Waals surface area contributed by atoms with Gasteiger partial charge in [-0.05, 0) is 73.8 Å². The van der Waals surface area contributed by atoms with Gasteiger partial charge in [-0.3, -0.25) is 0 Å². The van der Waals surface area contributed by atoms with Gasteiger partial charge in [-0.25, -0.2) is 9.59 Å².